The van der Waals surface area contributed by atoms with Crippen LogP contribution in [-0.2, 0) is 4.79 Å². The van der Waals surface area contributed by atoms with Crippen LogP contribution in [-0.4, -0.2) is 17.1 Å². The summed E-state index contributed by atoms with van der Waals surface area (Å²) in [5.74, 6) is -0.833. The maximum absolute atomic E-state index is 9.00. The van der Waals surface area contributed by atoms with E-state index in [0.29, 0.717) is 6.04 Å². The third-order valence-corrected chi connectivity index (χ3v) is 3.61. The van der Waals surface area contributed by atoms with E-state index in [1.807, 2.05) is 6.92 Å². The van der Waals surface area contributed by atoms with Gasteiger partial charge in [-0.25, -0.2) is 0 Å². The first-order valence-corrected chi connectivity index (χ1v) is 7.80. The van der Waals surface area contributed by atoms with Crippen LogP contribution in [0.4, 0.5) is 0 Å². The Balaban J connectivity index is 0. The summed E-state index contributed by atoms with van der Waals surface area (Å²) < 4.78 is 0. The van der Waals surface area contributed by atoms with Gasteiger partial charge < -0.3 is 5.11 Å². The van der Waals surface area contributed by atoms with Crippen LogP contribution in [0.3, 0.4) is 0 Å². The molecular formula is C4H9Cl3O2Si. The van der Waals surface area contributed by atoms with E-state index < -0.39 is 12.0 Å². The molecule has 0 atom stereocenters. The molecule has 0 aliphatic rings. The van der Waals surface area contributed by atoms with Gasteiger partial charge in [-0.15, -0.1) is 33.2 Å². The maximum Gasteiger partial charge on any atom is 0.341 e. The largest absolute Gasteiger partial charge is 0.481 e. The Labute approximate surface area is 75.2 Å². The lowest BCUT2D eigenvalue weighted by Crippen LogP contribution is -2.04. The maximum atomic E-state index is 9.00. The fourth-order valence-corrected chi connectivity index (χ4v) is 0. The summed E-state index contributed by atoms with van der Waals surface area (Å²) >= 11 is 16.2. The number of carboxylic acid groups (broad SMARTS) is 1. The summed E-state index contributed by atoms with van der Waals surface area (Å²) in [6, 6.07) is -1.51. The summed E-state index contributed by atoms with van der Waals surface area (Å²) in [6.45, 7) is 2.96. The first-order chi connectivity index (χ1) is 4.29. The van der Waals surface area contributed by atoms with Crippen LogP contribution in [0.2, 0.25) is 6.04 Å². The molecule has 0 aromatic rings. The lowest BCUT2D eigenvalue weighted by atomic mass is 10.9. The average Bonchev–Trinajstić information content (AvgIpc) is 1.63. The topological polar surface area (TPSA) is 37.3 Å². The van der Waals surface area contributed by atoms with Crippen molar-refractivity contribution in [3.05, 3.63) is 0 Å². The van der Waals surface area contributed by atoms with E-state index in [9.17, 15) is 0 Å². The molecule has 0 saturated carbocycles. The number of carbonyl (C=O) groups is 1. The van der Waals surface area contributed by atoms with E-state index in [1.165, 1.54) is 0 Å². The molecule has 0 aromatic heterocycles. The first-order valence-electron chi connectivity index (χ1n) is 2.56. The Bertz CT molecular complexity index is 97.2. The molecule has 0 bridgehead atoms. The van der Waals surface area contributed by atoms with Crippen LogP contribution >= 0.6 is 33.2 Å². The normalized spacial score (nSPS) is 9.70. The van der Waals surface area contributed by atoms with Gasteiger partial charge >= 0.3 is 6.00 Å². The minimum absolute atomic E-state index is 0.706. The average molecular weight is 224 g/mol. The number of halogens is 3. The van der Waals surface area contributed by atoms with Crippen LogP contribution in [0.1, 0.15) is 13.8 Å². The van der Waals surface area contributed by atoms with Crippen LogP contribution in [0.25, 0.3) is 0 Å². The highest BCUT2D eigenvalue weighted by atomic mass is 35.8. The smallest absolute Gasteiger partial charge is 0.341 e. The number of rotatable bonds is 1. The zero-order valence-electron chi connectivity index (χ0n) is 5.70. The zero-order valence-corrected chi connectivity index (χ0v) is 8.96. The molecule has 10 heavy (non-hydrogen) atoms. The van der Waals surface area contributed by atoms with E-state index in [2.05, 4.69) is 0 Å². The highest BCUT2D eigenvalue weighted by Crippen LogP contribution is 2.23. The van der Waals surface area contributed by atoms with Gasteiger partial charge in [0, 0.05) is 6.92 Å². The quantitative estimate of drug-likeness (QED) is 0.548. The summed E-state index contributed by atoms with van der Waals surface area (Å²) in [6.07, 6.45) is 0. The second-order valence-electron chi connectivity index (χ2n) is 1.49. The number of carboxylic acids is 1. The van der Waals surface area contributed by atoms with Gasteiger partial charge in [0.05, 0.1) is 0 Å². The second-order valence-corrected chi connectivity index (χ2v) is 11.0. The lowest BCUT2D eigenvalue weighted by molar-refractivity contribution is -0.134. The molecule has 0 aliphatic heterocycles. The molecule has 0 rings (SSSR count). The van der Waals surface area contributed by atoms with Crippen molar-refractivity contribution in [2.75, 3.05) is 0 Å². The van der Waals surface area contributed by atoms with E-state index in [1.54, 1.807) is 0 Å². The summed E-state index contributed by atoms with van der Waals surface area (Å²) in [7, 11) is 0. The van der Waals surface area contributed by atoms with Gasteiger partial charge in [0.2, 0.25) is 0 Å². The molecule has 0 amide bonds. The zero-order chi connectivity index (χ0) is 8.78. The fraction of sp³-hybridized carbons (Fsp3) is 0.750. The van der Waals surface area contributed by atoms with Crippen molar-refractivity contribution in [1.29, 1.82) is 0 Å². The molecule has 0 fully saturated rings. The Morgan fingerprint density at radius 1 is 1.50 bits per heavy atom. The SMILES string of the molecule is CC(=O)O.CC[Si](Cl)(Cl)Cl. The van der Waals surface area contributed by atoms with Gasteiger partial charge in [-0.2, -0.15) is 0 Å². The molecule has 6 heteroatoms. The van der Waals surface area contributed by atoms with Gasteiger partial charge in [-0.1, -0.05) is 6.92 Å². The molecule has 0 aromatic carbocycles. The van der Waals surface area contributed by atoms with Crippen molar-refractivity contribution in [3.63, 3.8) is 0 Å². The summed E-state index contributed by atoms with van der Waals surface area (Å²) in [4.78, 5) is 9.00. The Morgan fingerprint density at radius 2 is 1.60 bits per heavy atom. The van der Waals surface area contributed by atoms with Gasteiger partial charge in [0.15, 0.2) is 0 Å². The van der Waals surface area contributed by atoms with Crippen molar-refractivity contribution >= 4 is 45.2 Å². The first kappa shape index (κ1) is 13.2. The third-order valence-electron chi connectivity index (χ3n) is 0.401. The Morgan fingerprint density at radius 3 is 1.60 bits per heavy atom. The molecule has 1 N–H and O–H groups in total. The Hall–Kier alpha value is 0.557. The van der Waals surface area contributed by atoms with Crippen LogP contribution in [0, 0.1) is 0 Å². The monoisotopic (exact) mass is 222 g/mol. The van der Waals surface area contributed by atoms with Gasteiger partial charge in [-0.05, 0) is 6.04 Å². The number of hydrogen-bond acceptors (Lipinski definition) is 1. The van der Waals surface area contributed by atoms with Gasteiger partial charge in [-0.3, -0.25) is 4.79 Å². The molecule has 0 spiro atoms. The third kappa shape index (κ3) is 38.6. The molecule has 0 aliphatic carbocycles. The molecule has 0 heterocycles. The van der Waals surface area contributed by atoms with E-state index in [-0.39, 0.29) is 0 Å². The minimum Gasteiger partial charge on any atom is -0.481 e. The highest BCUT2D eigenvalue weighted by Gasteiger charge is 2.20. The molecular weight excluding hydrogens is 214 g/mol. The number of aliphatic carboxylic acids is 1. The predicted octanol–water partition coefficient (Wildman–Crippen LogP) is 2.75. The molecule has 0 radical (unpaired) electrons. The lowest BCUT2D eigenvalue weighted by Gasteiger charge is -1.98. The van der Waals surface area contributed by atoms with Gasteiger partial charge in [0.1, 0.15) is 0 Å². The van der Waals surface area contributed by atoms with Crippen molar-refractivity contribution in [1.82, 2.24) is 0 Å². The van der Waals surface area contributed by atoms with Crippen LogP contribution in [0.15, 0.2) is 0 Å². The highest BCUT2D eigenvalue weighted by molar-refractivity contribution is 7.64. The predicted molar refractivity (Wildman–Crippen MR) is 47.1 cm³/mol. The molecule has 0 unspecified atom stereocenters. The van der Waals surface area contributed by atoms with Crippen molar-refractivity contribution in [2.24, 2.45) is 0 Å². The minimum atomic E-state index is -2.21. The van der Waals surface area contributed by atoms with E-state index in [4.69, 9.17) is 43.1 Å². The molecule has 0 saturated heterocycles. The fourth-order valence-electron chi connectivity index (χ4n) is 0. The Kier molecular flexibility index (Phi) is 8.27. The number of hydrogen-bond donors (Lipinski definition) is 1. The van der Waals surface area contributed by atoms with Crippen molar-refractivity contribution in [2.45, 2.75) is 19.9 Å². The molecule has 62 valence electrons. The molecule has 2 nitrogen and oxygen atoms in total. The van der Waals surface area contributed by atoms with E-state index in [0.717, 1.165) is 6.92 Å². The van der Waals surface area contributed by atoms with Crippen molar-refractivity contribution in [3.8, 4) is 0 Å². The van der Waals surface area contributed by atoms with Crippen LogP contribution in [0.5, 0.6) is 0 Å². The summed E-state index contributed by atoms with van der Waals surface area (Å²) in [5, 5.41) is 7.42. The van der Waals surface area contributed by atoms with Crippen molar-refractivity contribution < 1.29 is 9.90 Å². The second kappa shape index (κ2) is 6.28. The van der Waals surface area contributed by atoms with Gasteiger partial charge in [0.25, 0.3) is 5.97 Å². The van der Waals surface area contributed by atoms with Crippen LogP contribution < -0.4 is 0 Å². The standard InChI is InChI=1S/C2H5Cl3Si.C2H4O2/c1-2-6(3,4)5;1-2(3)4/h2H2,1H3;1H3,(H,3,4). The van der Waals surface area contributed by atoms with E-state index >= 15 is 0 Å². The summed E-state index contributed by atoms with van der Waals surface area (Å²) in [5.41, 5.74) is 0.